The Labute approximate surface area is 283 Å². The molecule has 1 heterocycles. The molecule has 47 heavy (non-hydrogen) atoms. The minimum Gasteiger partial charge on any atom is -0.462 e. The van der Waals surface area contributed by atoms with E-state index in [0.717, 1.165) is 38.5 Å². The number of aliphatic hydroxyl groups excluding tert-OH is 3. The van der Waals surface area contributed by atoms with Crippen LogP contribution in [0.5, 0.6) is 0 Å². The van der Waals surface area contributed by atoms with E-state index in [1.807, 2.05) is 0 Å². The number of esters is 2. The van der Waals surface area contributed by atoms with Gasteiger partial charge in [0.25, 0.3) is 10.1 Å². The second-order valence-corrected chi connectivity index (χ2v) is 14.4. The van der Waals surface area contributed by atoms with Gasteiger partial charge in [-0.2, -0.15) is 8.42 Å². The van der Waals surface area contributed by atoms with Crippen LogP contribution in [0.15, 0.2) is 0 Å². The van der Waals surface area contributed by atoms with E-state index in [1.54, 1.807) is 0 Å². The standard InChI is InChI=1S/C34H64O12S/c1-3-5-7-9-11-13-15-16-18-20-22-29(35)43-24-27(45-30(36)23-21-19-17-14-12-10-8-6-4-2)25-44-34-33(39)32(38)31(37)28(46-34)26-47(40,41)42/h27-28,31-34,37-39H,3-26H2,1-2H3,(H,40,41,42)/t27-,28-,31-,32?,33?,34+/m1/s1. The molecule has 6 atom stereocenters. The van der Waals surface area contributed by atoms with Gasteiger partial charge in [0.1, 0.15) is 36.8 Å². The fourth-order valence-electron chi connectivity index (χ4n) is 5.56. The molecule has 1 fully saturated rings. The van der Waals surface area contributed by atoms with E-state index in [0.29, 0.717) is 12.8 Å². The summed E-state index contributed by atoms with van der Waals surface area (Å²) in [5.74, 6) is -1.98. The highest BCUT2D eigenvalue weighted by molar-refractivity contribution is 7.85. The van der Waals surface area contributed by atoms with Crippen LogP contribution in [0.1, 0.15) is 149 Å². The van der Waals surface area contributed by atoms with Crippen molar-refractivity contribution in [2.75, 3.05) is 19.0 Å². The first-order chi connectivity index (χ1) is 22.5. The lowest BCUT2D eigenvalue weighted by Gasteiger charge is -2.40. The number of hydrogen-bond acceptors (Lipinski definition) is 11. The van der Waals surface area contributed by atoms with Crippen LogP contribution >= 0.6 is 0 Å². The van der Waals surface area contributed by atoms with Crippen molar-refractivity contribution >= 4 is 22.1 Å². The van der Waals surface area contributed by atoms with E-state index in [-0.39, 0.29) is 19.4 Å². The van der Waals surface area contributed by atoms with Crippen LogP contribution in [0.2, 0.25) is 0 Å². The molecule has 1 aliphatic rings. The summed E-state index contributed by atoms with van der Waals surface area (Å²) in [7, 11) is -4.59. The molecule has 12 nitrogen and oxygen atoms in total. The average Bonchev–Trinajstić information content (AvgIpc) is 3.02. The molecule has 2 unspecified atom stereocenters. The molecular formula is C34H64O12S. The molecule has 0 aromatic heterocycles. The first kappa shape index (κ1) is 43.7. The number of ether oxygens (including phenoxy) is 4. The van der Waals surface area contributed by atoms with Gasteiger partial charge in [0, 0.05) is 12.8 Å². The Bertz CT molecular complexity index is 915. The van der Waals surface area contributed by atoms with Gasteiger partial charge in [-0.1, -0.05) is 123 Å². The van der Waals surface area contributed by atoms with Gasteiger partial charge in [-0.25, -0.2) is 0 Å². The van der Waals surface area contributed by atoms with E-state index < -0.39 is 71.2 Å². The fourth-order valence-corrected chi connectivity index (χ4v) is 6.25. The van der Waals surface area contributed by atoms with Crippen LogP contribution in [0, 0.1) is 0 Å². The van der Waals surface area contributed by atoms with Crippen molar-refractivity contribution < 1.29 is 56.8 Å². The van der Waals surface area contributed by atoms with Gasteiger partial charge in [-0.15, -0.1) is 0 Å². The van der Waals surface area contributed by atoms with Crippen molar-refractivity contribution in [1.29, 1.82) is 0 Å². The number of rotatable bonds is 29. The van der Waals surface area contributed by atoms with Gasteiger partial charge in [0.05, 0.1) is 6.61 Å². The molecule has 0 spiro atoms. The third-order valence-electron chi connectivity index (χ3n) is 8.44. The lowest BCUT2D eigenvalue weighted by atomic mass is 10.00. The fraction of sp³-hybridized carbons (Fsp3) is 0.941. The maximum absolute atomic E-state index is 12.6. The first-order valence-electron chi connectivity index (χ1n) is 18.1. The summed E-state index contributed by atoms with van der Waals surface area (Å²) in [5, 5.41) is 30.6. The van der Waals surface area contributed by atoms with Gasteiger partial charge >= 0.3 is 11.9 Å². The maximum atomic E-state index is 12.6. The molecule has 1 saturated heterocycles. The van der Waals surface area contributed by atoms with E-state index in [2.05, 4.69) is 13.8 Å². The first-order valence-corrected chi connectivity index (χ1v) is 19.7. The molecular weight excluding hydrogens is 632 g/mol. The monoisotopic (exact) mass is 696 g/mol. The predicted octanol–water partition coefficient (Wildman–Crippen LogP) is 5.39. The second-order valence-electron chi connectivity index (χ2n) is 12.9. The molecule has 1 aliphatic heterocycles. The zero-order chi connectivity index (χ0) is 34.9. The number of aliphatic hydroxyl groups is 3. The SMILES string of the molecule is CCCCCCCCCCCCC(=O)OC[C@H](CO[C@H]1O[C@H](CS(=O)(=O)O)[C@@H](O)C(O)C1O)OC(=O)CCCCCCCCCCC. The molecule has 4 N–H and O–H groups in total. The molecule has 0 bridgehead atoms. The third-order valence-corrected chi connectivity index (χ3v) is 9.19. The van der Waals surface area contributed by atoms with Gasteiger partial charge in [-0.05, 0) is 12.8 Å². The average molecular weight is 697 g/mol. The van der Waals surface area contributed by atoms with Crippen LogP contribution in [0.25, 0.3) is 0 Å². The lowest BCUT2D eigenvalue weighted by Crippen LogP contribution is -2.60. The number of hydrogen-bond donors (Lipinski definition) is 4. The quantitative estimate of drug-likeness (QED) is 0.0445. The number of carbonyl (C=O) groups excluding carboxylic acids is 2. The minimum absolute atomic E-state index is 0.169. The molecule has 0 aliphatic carbocycles. The van der Waals surface area contributed by atoms with Crippen molar-refractivity contribution in [2.24, 2.45) is 0 Å². The van der Waals surface area contributed by atoms with Crippen molar-refractivity contribution in [3.05, 3.63) is 0 Å². The maximum Gasteiger partial charge on any atom is 0.306 e. The summed E-state index contributed by atoms with van der Waals surface area (Å²) < 4.78 is 53.6. The van der Waals surface area contributed by atoms with Gasteiger partial charge in [-0.3, -0.25) is 14.1 Å². The van der Waals surface area contributed by atoms with Crippen molar-refractivity contribution in [3.8, 4) is 0 Å². The largest absolute Gasteiger partial charge is 0.462 e. The normalized spacial score (nSPS) is 22.2. The summed E-state index contributed by atoms with van der Waals surface area (Å²) >= 11 is 0. The number of unbranched alkanes of at least 4 members (excludes halogenated alkanes) is 17. The second kappa shape index (κ2) is 26.5. The summed E-state index contributed by atoms with van der Waals surface area (Å²) in [6.07, 6.45) is 11.9. The van der Waals surface area contributed by atoms with Crippen molar-refractivity contribution in [1.82, 2.24) is 0 Å². The molecule has 0 aromatic rings. The van der Waals surface area contributed by atoms with Crippen LogP contribution in [0.3, 0.4) is 0 Å². The summed E-state index contributed by atoms with van der Waals surface area (Å²) in [5.41, 5.74) is 0. The zero-order valence-corrected chi connectivity index (χ0v) is 29.7. The lowest BCUT2D eigenvalue weighted by molar-refractivity contribution is -0.297. The van der Waals surface area contributed by atoms with Gasteiger partial charge in [0.15, 0.2) is 12.4 Å². The molecule has 0 saturated carbocycles. The summed E-state index contributed by atoms with van der Waals surface area (Å²) in [4.78, 5) is 25.1. The molecule has 0 amide bonds. The Morgan fingerprint density at radius 2 is 1.09 bits per heavy atom. The van der Waals surface area contributed by atoms with Gasteiger partial charge in [0.2, 0.25) is 0 Å². The highest BCUT2D eigenvalue weighted by atomic mass is 32.2. The van der Waals surface area contributed by atoms with E-state index in [4.69, 9.17) is 23.5 Å². The van der Waals surface area contributed by atoms with Crippen LogP contribution in [0.4, 0.5) is 0 Å². The third kappa shape index (κ3) is 22.1. The smallest absolute Gasteiger partial charge is 0.306 e. The Morgan fingerprint density at radius 3 is 1.55 bits per heavy atom. The Morgan fingerprint density at radius 1 is 0.638 bits per heavy atom. The van der Waals surface area contributed by atoms with Crippen molar-refractivity contribution in [3.63, 3.8) is 0 Å². The highest BCUT2D eigenvalue weighted by Gasteiger charge is 2.46. The van der Waals surface area contributed by atoms with Gasteiger partial charge < -0.3 is 34.3 Å². The zero-order valence-electron chi connectivity index (χ0n) is 28.9. The summed E-state index contributed by atoms with van der Waals surface area (Å²) in [6.45, 7) is 3.68. The topological polar surface area (TPSA) is 186 Å². The Balaban J connectivity index is 2.56. The molecule has 278 valence electrons. The van der Waals surface area contributed by atoms with Crippen LogP contribution in [-0.4, -0.2) is 96.0 Å². The Hall–Kier alpha value is -1.35. The molecule has 0 radical (unpaired) electrons. The minimum atomic E-state index is -4.59. The highest BCUT2D eigenvalue weighted by Crippen LogP contribution is 2.24. The van der Waals surface area contributed by atoms with Crippen LogP contribution < -0.4 is 0 Å². The molecule has 1 rings (SSSR count). The van der Waals surface area contributed by atoms with Crippen LogP contribution in [-0.2, 0) is 38.7 Å². The van der Waals surface area contributed by atoms with E-state index >= 15 is 0 Å². The van der Waals surface area contributed by atoms with E-state index in [1.165, 1.54) is 70.6 Å². The van der Waals surface area contributed by atoms with Crippen molar-refractivity contribution in [2.45, 2.75) is 185 Å². The molecule has 0 aromatic carbocycles. The summed E-state index contributed by atoms with van der Waals surface area (Å²) in [6, 6.07) is 0. The van der Waals surface area contributed by atoms with E-state index in [9.17, 15) is 33.3 Å². The number of carbonyl (C=O) groups is 2. The Kier molecular flexibility index (Phi) is 24.6. The molecule has 13 heteroatoms. The predicted molar refractivity (Wildman–Crippen MR) is 178 cm³/mol.